The van der Waals surface area contributed by atoms with E-state index in [1.165, 1.54) is 19.3 Å². The molecule has 4 rings (SSSR count). The van der Waals surface area contributed by atoms with Gasteiger partial charge in [0, 0.05) is 0 Å². The van der Waals surface area contributed by atoms with Crippen LogP contribution in [0.15, 0.2) is 5.16 Å². The second-order valence-electron chi connectivity index (χ2n) is 6.49. The van der Waals surface area contributed by atoms with Gasteiger partial charge in [0.2, 0.25) is 11.5 Å². The van der Waals surface area contributed by atoms with E-state index in [1.54, 1.807) is 0 Å². The number of aliphatic carboxylic acids is 1. The molecule has 0 spiro atoms. The number of Topliss-reactive ketones (excluding diaryl/α,β-unsaturated/α-hetero) is 1. The molecule has 0 aromatic heterocycles. The molecule has 110 valence electrons. The van der Waals surface area contributed by atoms with E-state index in [0.717, 1.165) is 19.3 Å². The molecule has 4 fully saturated rings. The molecule has 20 heavy (non-hydrogen) atoms. The highest BCUT2D eigenvalue weighted by Crippen LogP contribution is 2.57. The maximum atomic E-state index is 11.5. The van der Waals surface area contributed by atoms with Gasteiger partial charge in [-0.15, -0.1) is 0 Å². The zero-order valence-electron chi connectivity index (χ0n) is 11.2. The average Bonchev–Trinajstić information content (AvgIpc) is 2.36. The van der Waals surface area contributed by atoms with E-state index >= 15 is 0 Å². The van der Waals surface area contributed by atoms with Crippen molar-refractivity contribution in [2.75, 3.05) is 5.33 Å². The molecule has 0 amide bonds. The molecule has 4 bridgehead atoms. The Morgan fingerprint density at radius 2 is 1.65 bits per heavy atom. The van der Waals surface area contributed by atoms with Crippen LogP contribution in [0.2, 0.25) is 0 Å². The minimum Gasteiger partial charge on any atom is -0.476 e. The summed E-state index contributed by atoms with van der Waals surface area (Å²) in [6, 6.07) is 0. The van der Waals surface area contributed by atoms with Crippen molar-refractivity contribution < 1.29 is 19.5 Å². The summed E-state index contributed by atoms with van der Waals surface area (Å²) in [4.78, 5) is 28.3. The highest BCUT2D eigenvalue weighted by Gasteiger charge is 2.53. The van der Waals surface area contributed by atoms with Gasteiger partial charge < -0.3 is 9.94 Å². The fourth-order valence-electron chi connectivity index (χ4n) is 4.56. The summed E-state index contributed by atoms with van der Waals surface area (Å²) in [6.45, 7) is 0. The van der Waals surface area contributed by atoms with Crippen molar-refractivity contribution >= 4 is 33.4 Å². The lowest BCUT2D eigenvalue weighted by Gasteiger charge is -2.54. The van der Waals surface area contributed by atoms with Crippen molar-refractivity contribution in [2.24, 2.45) is 22.9 Å². The second-order valence-corrected chi connectivity index (χ2v) is 7.05. The molecule has 0 radical (unpaired) electrons. The monoisotopic (exact) mass is 343 g/mol. The summed E-state index contributed by atoms with van der Waals surface area (Å²) in [5.74, 6) is 0.200. The highest BCUT2D eigenvalue weighted by atomic mass is 79.9. The average molecular weight is 344 g/mol. The fourth-order valence-corrected chi connectivity index (χ4v) is 4.82. The Morgan fingerprint density at radius 1 is 1.15 bits per heavy atom. The normalized spacial score (nSPS) is 38.9. The Morgan fingerprint density at radius 3 is 2.05 bits per heavy atom. The van der Waals surface area contributed by atoms with Crippen molar-refractivity contribution in [1.82, 2.24) is 0 Å². The van der Waals surface area contributed by atoms with Gasteiger partial charge in [-0.1, -0.05) is 21.1 Å². The van der Waals surface area contributed by atoms with Crippen molar-refractivity contribution in [1.29, 1.82) is 0 Å². The van der Waals surface area contributed by atoms with Crippen LogP contribution in [-0.2, 0) is 14.4 Å². The summed E-state index contributed by atoms with van der Waals surface area (Å²) >= 11 is 2.97. The summed E-state index contributed by atoms with van der Waals surface area (Å²) < 4.78 is 0. The zero-order chi connectivity index (χ0) is 14.3. The van der Waals surface area contributed by atoms with E-state index in [0.29, 0.717) is 17.8 Å². The van der Waals surface area contributed by atoms with Crippen LogP contribution in [0.3, 0.4) is 0 Å². The third-order valence-electron chi connectivity index (χ3n) is 4.90. The number of carboxylic acids is 1. The Labute approximate surface area is 125 Å². The number of hydrogen-bond acceptors (Lipinski definition) is 4. The minimum atomic E-state index is -1.32. The highest BCUT2D eigenvalue weighted by molar-refractivity contribution is 9.09. The maximum absolute atomic E-state index is 11.5. The third kappa shape index (κ3) is 2.50. The number of carbonyl (C=O) groups excluding carboxylic acids is 1. The molecule has 4 aliphatic rings. The van der Waals surface area contributed by atoms with Gasteiger partial charge in [-0.3, -0.25) is 4.79 Å². The minimum absolute atomic E-state index is 0.0532. The van der Waals surface area contributed by atoms with E-state index < -0.39 is 17.5 Å². The number of halogens is 1. The van der Waals surface area contributed by atoms with E-state index in [4.69, 9.17) is 9.94 Å². The van der Waals surface area contributed by atoms with Crippen LogP contribution >= 0.6 is 15.9 Å². The lowest BCUT2D eigenvalue weighted by atomic mass is 9.54. The zero-order valence-corrected chi connectivity index (χ0v) is 12.8. The van der Waals surface area contributed by atoms with Gasteiger partial charge in [0.05, 0.1) is 5.33 Å². The van der Waals surface area contributed by atoms with E-state index in [-0.39, 0.29) is 10.9 Å². The Kier molecular flexibility index (Phi) is 3.60. The van der Waals surface area contributed by atoms with E-state index in [2.05, 4.69) is 21.1 Å². The number of nitrogens with zero attached hydrogens (tertiary/aromatic N) is 1. The second kappa shape index (κ2) is 5.13. The van der Waals surface area contributed by atoms with Crippen LogP contribution in [0.4, 0.5) is 0 Å². The predicted molar refractivity (Wildman–Crippen MR) is 75.9 cm³/mol. The summed E-state index contributed by atoms with van der Waals surface area (Å²) in [7, 11) is 0. The summed E-state index contributed by atoms with van der Waals surface area (Å²) in [5, 5.41) is 12.7. The molecule has 4 saturated carbocycles. The molecule has 0 heterocycles. The van der Waals surface area contributed by atoms with Gasteiger partial charge >= 0.3 is 5.97 Å². The number of carboxylic acid groups (broad SMARTS) is 1. The molecular weight excluding hydrogens is 326 g/mol. The summed E-state index contributed by atoms with van der Waals surface area (Å²) in [6.07, 6.45) is 6.70. The molecular formula is C14H18BrNO4. The third-order valence-corrected chi connectivity index (χ3v) is 5.41. The first-order valence-electron chi connectivity index (χ1n) is 7.10. The van der Waals surface area contributed by atoms with Crippen molar-refractivity contribution in [3.63, 3.8) is 0 Å². The maximum Gasteiger partial charge on any atom is 0.361 e. The van der Waals surface area contributed by atoms with Crippen LogP contribution in [-0.4, -0.2) is 33.5 Å². The number of hydrogen-bond donors (Lipinski definition) is 1. The number of rotatable bonds is 5. The fraction of sp³-hybridized carbons (Fsp3) is 0.786. The van der Waals surface area contributed by atoms with Gasteiger partial charge in [-0.05, 0) is 56.3 Å². The van der Waals surface area contributed by atoms with Crippen LogP contribution in [0.5, 0.6) is 0 Å². The van der Waals surface area contributed by atoms with Gasteiger partial charge in [-0.2, -0.15) is 0 Å². The van der Waals surface area contributed by atoms with Gasteiger partial charge in [-0.25, -0.2) is 4.79 Å². The molecule has 0 atom stereocenters. The SMILES string of the molecule is O=C(O)C(=NOC12CC3CC(CC(C3)C1)C2)C(=O)CBr. The number of carbonyl (C=O) groups is 2. The van der Waals surface area contributed by atoms with Gasteiger partial charge in [0.1, 0.15) is 5.60 Å². The van der Waals surface area contributed by atoms with E-state index in [9.17, 15) is 9.59 Å². The van der Waals surface area contributed by atoms with Crippen LogP contribution in [0.1, 0.15) is 38.5 Å². The molecule has 0 aromatic carbocycles. The molecule has 0 saturated heterocycles. The first-order chi connectivity index (χ1) is 9.51. The van der Waals surface area contributed by atoms with Crippen molar-refractivity contribution in [3.8, 4) is 0 Å². The molecule has 4 aliphatic carbocycles. The Hall–Kier alpha value is -0.910. The molecule has 6 heteroatoms. The van der Waals surface area contributed by atoms with Gasteiger partial charge in [0.25, 0.3) is 0 Å². The number of ketones is 1. The topological polar surface area (TPSA) is 76.0 Å². The Bertz CT molecular complexity index is 439. The predicted octanol–water partition coefficient (Wildman–Crippen LogP) is 2.38. The van der Waals surface area contributed by atoms with Crippen LogP contribution < -0.4 is 0 Å². The summed E-state index contributed by atoms with van der Waals surface area (Å²) in [5.41, 5.74) is -0.820. The van der Waals surface area contributed by atoms with Crippen molar-refractivity contribution in [2.45, 2.75) is 44.1 Å². The Balaban J connectivity index is 1.77. The number of oxime groups is 1. The first-order valence-corrected chi connectivity index (χ1v) is 8.22. The lowest BCUT2D eigenvalue weighted by Crippen LogP contribution is -2.51. The van der Waals surface area contributed by atoms with Crippen LogP contribution in [0.25, 0.3) is 0 Å². The molecule has 1 N–H and O–H groups in total. The molecule has 5 nitrogen and oxygen atoms in total. The molecule has 0 aromatic rings. The largest absolute Gasteiger partial charge is 0.476 e. The smallest absolute Gasteiger partial charge is 0.361 e. The standard InChI is InChI=1S/C14H18BrNO4/c15-7-11(17)12(13(18)19)16-20-14-4-8-1-9(5-14)3-10(2-8)6-14/h8-10H,1-7H2,(H,18,19). The lowest BCUT2D eigenvalue weighted by molar-refractivity contribution is -0.163. The van der Waals surface area contributed by atoms with E-state index in [1.807, 2.05) is 0 Å². The molecule has 0 unspecified atom stereocenters. The quantitative estimate of drug-likeness (QED) is 0.360. The number of alkyl halides is 1. The van der Waals surface area contributed by atoms with Gasteiger partial charge in [0.15, 0.2) is 0 Å². The molecule has 0 aliphatic heterocycles. The van der Waals surface area contributed by atoms with Crippen LogP contribution in [0, 0.1) is 17.8 Å². The first kappa shape index (κ1) is 14.0. The van der Waals surface area contributed by atoms with Crippen molar-refractivity contribution in [3.05, 3.63) is 0 Å².